The van der Waals surface area contributed by atoms with Crippen molar-refractivity contribution >= 4 is 17.7 Å². The van der Waals surface area contributed by atoms with Gasteiger partial charge in [-0.05, 0) is 36.1 Å². The first-order chi connectivity index (χ1) is 8.97. The summed E-state index contributed by atoms with van der Waals surface area (Å²) in [6, 6.07) is 7.28. The number of aliphatic hydroxyl groups excluding tert-OH is 1. The average molecular weight is 262 g/mol. The normalized spacial score (nSPS) is 12.8. The van der Waals surface area contributed by atoms with Gasteiger partial charge in [0.2, 0.25) is 5.91 Å². The number of rotatable bonds is 6. The van der Waals surface area contributed by atoms with Crippen molar-refractivity contribution in [2.24, 2.45) is 5.92 Å². The van der Waals surface area contributed by atoms with E-state index in [2.05, 4.69) is 5.32 Å². The minimum atomic E-state index is -0.496. The highest BCUT2D eigenvalue weighted by atomic mass is 16.3. The van der Waals surface area contributed by atoms with Gasteiger partial charge in [-0.2, -0.15) is 0 Å². The second-order valence-corrected chi connectivity index (χ2v) is 5.03. The molecule has 4 nitrogen and oxygen atoms in total. The summed E-state index contributed by atoms with van der Waals surface area (Å²) >= 11 is 0. The Balaban J connectivity index is 2.39. The molecule has 1 aromatic rings. The first-order valence-corrected chi connectivity index (χ1v) is 6.47. The van der Waals surface area contributed by atoms with E-state index in [1.807, 2.05) is 26.0 Å². The Morgan fingerprint density at radius 3 is 2.84 bits per heavy atom. The molecule has 0 aliphatic carbocycles. The van der Waals surface area contributed by atoms with Crippen molar-refractivity contribution in [2.45, 2.75) is 26.4 Å². The summed E-state index contributed by atoms with van der Waals surface area (Å²) in [7, 11) is 0. The Morgan fingerprint density at radius 2 is 2.21 bits per heavy atom. The fourth-order valence-electron chi connectivity index (χ4n) is 1.74. The van der Waals surface area contributed by atoms with Gasteiger partial charge in [0.15, 0.2) is 0 Å². The van der Waals surface area contributed by atoms with Gasteiger partial charge in [-0.25, -0.2) is 0 Å². The smallest absolute Gasteiger partial charge is 0.244 e. The molecule has 0 bridgehead atoms. The largest absolute Gasteiger partial charge is 0.399 e. The van der Waals surface area contributed by atoms with Crippen LogP contribution in [0.4, 0.5) is 5.69 Å². The number of hydrogen-bond donors (Lipinski definition) is 3. The molecule has 0 saturated carbocycles. The standard InChI is InChI=1S/C15H22N2O2/c1-11(2)8-14(18)10-17-15(19)7-6-12-4-3-5-13(16)9-12/h3-7,9,11,14,18H,8,10,16H2,1-2H3,(H,17,19)/b7-6+. The van der Waals surface area contributed by atoms with E-state index in [4.69, 9.17) is 5.73 Å². The second kappa shape index (κ2) is 7.59. The molecular weight excluding hydrogens is 240 g/mol. The highest BCUT2D eigenvalue weighted by Crippen LogP contribution is 2.08. The minimum absolute atomic E-state index is 0.217. The third-order valence-electron chi connectivity index (χ3n) is 2.59. The Bertz CT molecular complexity index is 442. The number of amides is 1. The maximum atomic E-state index is 11.6. The molecular formula is C15H22N2O2. The van der Waals surface area contributed by atoms with Crippen molar-refractivity contribution in [3.63, 3.8) is 0 Å². The molecule has 0 spiro atoms. The zero-order valence-corrected chi connectivity index (χ0v) is 11.5. The molecule has 0 radical (unpaired) electrons. The number of nitrogens with one attached hydrogen (secondary N) is 1. The van der Waals surface area contributed by atoms with Crippen LogP contribution < -0.4 is 11.1 Å². The monoisotopic (exact) mass is 262 g/mol. The van der Waals surface area contributed by atoms with Crippen LogP contribution in [0.25, 0.3) is 6.08 Å². The topological polar surface area (TPSA) is 75.3 Å². The summed E-state index contributed by atoms with van der Waals surface area (Å²) in [6.07, 6.45) is 3.32. The summed E-state index contributed by atoms with van der Waals surface area (Å²) in [4.78, 5) is 11.6. The molecule has 1 atom stereocenters. The molecule has 0 aliphatic rings. The summed E-state index contributed by atoms with van der Waals surface area (Å²) in [5, 5.41) is 12.3. The van der Waals surface area contributed by atoms with Gasteiger partial charge in [-0.15, -0.1) is 0 Å². The third-order valence-corrected chi connectivity index (χ3v) is 2.59. The van der Waals surface area contributed by atoms with Crippen molar-refractivity contribution < 1.29 is 9.90 Å². The van der Waals surface area contributed by atoms with Crippen LogP contribution in [0.5, 0.6) is 0 Å². The van der Waals surface area contributed by atoms with Gasteiger partial charge in [0, 0.05) is 18.3 Å². The molecule has 1 rings (SSSR count). The molecule has 0 aromatic heterocycles. The van der Waals surface area contributed by atoms with E-state index in [0.717, 1.165) is 5.56 Å². The first kappa shape index (κ1) is 15.2. The van der Waals surface area contributed by atoms with Crippen LogP contribution in [0, 0.1) is 5.92 Å². The molecule has 104 valence electrons. The van der Waals surface area contributed by atoms with Crippen LogP contribution in [0.15, 0.2) is 30.3 Å². The average Bonchev–Trinajstić information content (AvgIpc) is 2.33. The summed E-state index contributed by atoms with van der Waals surface area (Å²) < 4.78 is 0. The van der Waals surface area contributed by atoms with Gasteiger partial charge >= 0.3 is 0 Å². The molecule has 1 unspecified atom stereocenters. The van der Waals surface area contributed by atoms with Gasteiger partial charge in [0.25, 0.3) is 0 Å². The lowest BCUT2D eigenvalue weighted by atomic mass is 10.1. The van der Waals surface area contributed by atoms with Gasteiger partial charge in [-0.1, -0.05) is 26.0 Å². The zero-order chi connectivity index (χ0) is 14.3. The van der Waals surface area contributed by atoms with E-state index in [1.54, 1.807) is 18.2 Å². The van der Waals surface area contributed by atoms with Crippen molar-refractivity contribution in [2.75, 3.05) is 12.3 Å². The van der Waals surface area contributed by atoms with E-state index in [-0.39, 0.29) is 12.5 Å². The maximum absolute atomic E-state index is 11.6. The highest BCUT2D eigenvalue weighted by Gasteiger charge is 2.07. The fourth-order valence-corrected chi connectivity index (χ4v) is 1.74. The molecule has 4 heteroatoms. The van der Waals surface area contributed by atoms with Crippen LogP contribution in [-0.4, -0.2) is 23.7 Å². The van der Waals surface area contributed by atoms with E-state index in [0.29, 0.717) is 18.0 Å². The number of anilines is 1. The fraction of sp³-hybridized carbons (Fsp3) is 0.400. The van der Waals surface area contributed by atoms with Crippen LogP contribution >= 0.6 is 0 Å². The SMILES string of the molecule is CC(C)CC(O)CNC(=O)/C=C/c1cccc(N)c1. The van der Waals surface area contributed by atoms with E-state index < -0.39 is 6.10 Å². The predicted molar refractivity (Wildman–Crippen MR) is 78.4 cm³/mol. The molecule has 1 aromatic carbocycles. The molecule has 1 amide bonds. The predicted octanol–water partition coefficient (Wildman–Crippen LogP) is 1.81. The number of carbonyl (C=O) groups is 1. The van der Waals surface area contributed by atoms with Gasteiger partial charge in [-0.3, -0.25) is 4.79 Å². The summed E-state index contributed by atoms with van der Waals surface area (Å²) in [6.45, 7) is 4.34. The summed E-state index contributed by atoms with van der Waals surface area (Å²) in [5.74, 6) is 0.194. The van der Waals surface area contributed by atoms with Gasteiger partial charge in [0.1, 0.15) is 0 Å². The van der Waals surface area contributed by atoms with Gasteiger partial charge in [0.05, 0.1) is 6.10 Å². The molecule has 0 saturated heterocycles. The van der Waals surface area contributed by atoms with Crippen molar-refractivity contribution in [3.05, 3.63) is 35.9 Å². The molecule has 0 heterocycles. The summed E-state index contributed by atoms with van der Waals surface area (Å²) in [5.41, 5.74) is 7.18. The van der Waals surface area contributed by atoms with Gasteiger partial charge < -0.3 is 16.2 Å². The van der Waals surface area contributed by atoms with Crippen molar-refractivity contribution in [3.8, 4) is 0 Å². The highest BCUT2D eigenvalue weighted by molar-refractivity contribution is 5.91. The van der Waals surface area contributed by atoms with Crippen molar-refractivity contribution in [1.29, 1.82) is 0 Å². The molecule has 4 N–H and O–H groups in total. The molecule has 0 fully saturated rings. The number of aliphatic hydroxyl groups is 1. The Hall–Kier alpha value is -1.81. The van der Waals surface area contributed by atoms with E-state index in [9.17, 15) is 9.90 Å². The van der Waals surface area contributed by atoms with Crippen LogP contribution in [0.1, 0.15) is 25.8 Å². The zero-order valence-electron chi connectivity index (χ0n) is 11.5. The van der Waals surface area contributed by atoms with Crippen molar-refractivity contribution in [1.82, 2.24) is 5.32 Å². The van der Waals surface area contributed by atoms with E-state index in [1.165, 1.54) is 6.08 Å². The Morgan fingerprint density at radius 1 is 1.47 bits per heavy atom. The Labute approximate surface area is 114 Å². The van der Waals surface area contributed by atoms with E-state index >= 15 is 0 Å². The lowest BCUT2D eigenvalue weighted by Gasteiger charge is -2.12. The number of hydrogen-bond acceptors (Lipinski definition) is 3. The number of nitrogen functional groups attached to an aromatic ring is 1. The van der Waals surface area contributed by atoms with Crippen LogP contribution in [0.2, 0.25) is 0 Å². The first-order valence-electron chi connectivity index (χ1n) is 6.47. The van der Waals surface area contributed by atoms with Crippen LogP contribution in [0.3, 0.4) is 0 Å². The number of carbonyl (C=O) groups excluding carboxylic acids is 1. The lowest BCUT2D eigenvalue weighted by molar-refractivity contribution is -0.116. The Kier molecular flexibility index (Phi) is 6.09. The minimum Gasteiger partial charge on any atom is -0.399 e. The quantitative estimate of drug-likeness (QED) is 0.540. The number of benzene rings is 1. The molecule has 0 aliphatic heterocycles. The maximum Gasteiger partial charge on any atom is 0.244 e. The molecule has 19 heavy (non-hydrogen) atoms. The van der Waals surface area contributed by atoms with Crippen LogP contribution in [-0.2, 0) is 4.79 Å². The lowest BCUT2D eigenvalue weighted by Crippen LogP contribution is -2.31. The second-order valence-electron chi connectivity index (χ2n) is 5.03. The third kappa shape index (κ3) is 6.62. The number of nitrogens with two attached hydrogens (primary N) is 1.